The van der Waals surface area contributed by atoms with E-state index in [0.29, 0.717) is 6.61 Å². The highest BCUT2D eigenvalue weighted by Gasteiger charge is 2.63. The Morgan fingerprint density at radius 2 is 1.59 bits per heavy atom. The molecule has 4 heterocycles. The van der Waals surface area contributed by atoms with Crippen molar-refractivity contribution in [3.63, 3.8) is 0 Å². The number of ether oxygens (including phenoxy) is 3. The van der Waals surface area contributed by atoms with Gasteiger partial charge in [0.15, 0.2) is 0 Å². The normalized spacial score (nSPS) is 44.8. The van der Waals surface area contributed by atoms with Crippen LogP contribution in [0.15, 0.2) is 0 Å². The van der Waals surface area contributed by atoms with Crippen molar-refractivity contribution in [1.29, 1.82) is 0 Å². The van der Waals surface area contributed by atoms with Crippen LogP contribution in [0, 0.1) is 0 Å². The molecular formula is C21H38O5Si. The number of fused-ring (bicyclic) bond motifs is 3. The van der Waals surface area contributed by atoms with Crippen LogP contribution in [0.1, 0.15) is 74.1 Å². The Hall–Kier alpha value is 0.0169. The van der Waals surface area contributed by atoms with Crippen molar-refractivity contribution in [2.45, 2.75) is 120 Å². The Kier molecular flexibility index (Phi) is 4.89. The van der Waals surface area contributed by atoms with Gasteiger partial charge in [-0.05, 0) is 19.8 Å². The van der Waals surface area contributed by atoms with E-state index in [4.69, 9.17) is 23.1 Å². The highest BCUT2D eigenvalue weighted by Crippen LogP contribution is 2.55. The maximum Gasteiger partial charge on any atom is 0.349 e. The lowest BCUT2D eigenvalue weighted by Gasteiger charge is -2.59. The summed E-state index contributed by atoms with van der Waals surface area (Å²) in [6.45, 7) is 17.3. The average molecular weight is 399 g/mol. The lowest BCUT2D eigenvalue weighted by atomic mass is 9.81. The lowest BCUT2D eigenvalue weighted by Crippen LogP contribution is -2.69. The summed E-state index contributed by atoms with van der Waals surface area (Å²) in [6, 6.07) is 0. The molecule has 0 bridgehead atoms. The van der Waals surface area contributed by atoms with Gasteiger partial charge in [0.25, 0.3) is 0 Å². The zero-order valence-electron chi connectivity index (χ0n) is 18.2. The summed E-state index contributed by atoms with van der Waals surface area (Å²) in [5, 5.41) is -0.0104. The van der Waals surface area contributed by atoms with E-state index in [1.807, 2.05) is 0 Å². The Labute approximate surface area is 165 Å². The molecule has 6 heteroatoms. The highest BCUT2D eigenvalue weighted by atomic mass is 28.4. The van der Waals surface area contributed by atoms with Crippen molar-refractivity contribution >= 4 is 8.56 Å². The minimum absolute atomic E-state index is 0.00518. The fourth-order valence-corrected chi connectivity index (χ4v) is 10.9. The second-order valence-corrected chi connectivity index (χ2v) is 16.0. The topological polar surface area (TPSA) is 46.2 Å². The van der Waals surface area contributed by atoms with Crippen LogP contribution in [0.5, 0.6) is 0 Å². The molecular weight excluding hydrogens is 360 g/mol. The first kappa shape index (κ1) is 20.3. The third-order valence-corrected chi connectivity index (χ3v) is 12.2. The van der Waals surface area contributed by atoms with Gasteiger partial charge in [0.05, 0.1) is 36.6 Å². The van der Waals surface area contributed by atoms with Crippen molar-refractivity contribution in [2.75, 3.05) is 13.2 Å². The van der Waals surface area contributed by atoms with Crippen molar-refractivity contribution in [3.8, 4) is 0 Å². The summed E-state index contributed by atoms with van der Waals surface area (Å²) in [5.74, 6) is 0. The van der Waals surface area contributed by atoms with Gasteiger partial charge < -0.3 is 23.1 Å². The molecule has 4 fully saturated rings. The SMILES string of the molecule is CC(C)(C)[Si]1(C(C)(C)C)OC[C@H]2O[C@H]3C[C@H]4OCCC[C@]4(C)O[C@@H]3C[C@@H]2O1. The minimum Gasteiger partial charge on any atom is -0.391 e. The summed E-state index contributed by atoms with van der Waals surface area (Å²) >= 11 is 0. The largest absolute Gasteiger partial charge is 0.391 e. The molecule has 156 valence electrons. The van der Waals surface area contributed by atoms with E-state index in [1.165, 1.54) is 0 Å². The average Bonchev–Trinajstić information content (AvgIpc) is 2.55. The Morgan fingerprint density at radius 1 is 0.889 bits per heavy atom. The van der Waals surface area contributed by atoms with Crippen LogP contribution < -0.4 is 0 Å². The summed E-state index contributed by atoms with van der Waals surface area (Å²) in [6.07, 6.45) is 4.38. The van der Waals surface area contributed by atoms with Crippen LogP contribution in [0.2, 0.25) is 10.1 Å². The summed E-state index contributed by atoms with van der Waals surface area (Å²) < 4.78 is 32.6. The Morgan fingerprint density at radius 3 is 2.26 bits per heavy atom. The van der Waals surface area contributed by atoms with E-state index in [-0.39, 0.29) is 46.2 Å². The smallest absolute Gasteiger partial charge is 0.349 e. The summed E-state index contributed by atoms with van der Waals surface area (Å²) in [7, 11) is -2.46. The van der Waals surface area contributed by atoms with E-state index >= 15 is 0 Å². The molecule has 0 radical (unpaired) electrons. The molecule has 0 aromatic rings. The molecule has 4 rings (SSSR count). The van der Waals surface area contributed by atoms with Gasteiger partial charge in [-0.25, -0.2) is 0 Å². The van der Waals surface area contributed by atoms with Crippen LogP contribution in [-0.2, 0) is 23.1 Å². The lowest BCUT2D eigenvalue weighted by molar-refractivity contribution is -0.298. The van der Waals surface area contributed by atoms with E-state index in [0.717, 1.165) is 32.3 Å². The van der Waals surface area contributed by atoms with E-state index in [2.05, 4.69) is 48.5 Å². The van der Waals surface area contributed by atoms with Gasteiger partial charge in [-0.3, -0.25) is 0 Å². The van der Waals surface area contributed by atoms with Crippen molar-refractivity contribution in [1.82, 2.24) is 0 Å². The molecule has 0 amide bonds. The molecule has 0 N–H and O–H groups in total. The quantitative estimate of drug-likeness (QED) is 0.568. The maximum atomic E-state index is 6.91. The molecule has 4 saturated heterocycles. The van der Waals surface area contributed by atoms with Gasteiger partial charge >= 0.3 is 8.56 Å². The van der Waals surface area contributed by atoms with Gasteiger partial charge in [0.2, 0.25) is 0 Å². The van der Waals surface area contributed by atoms with Gasteiger partial charge in [-0.1, -0.05) is 41.5 Å². The minimum atomic E-state index is -2.46. The molecule has 0 unspecified atom stereocenters. The molecule has 6 atom stereocenters. The zero-order valence-corrected chi connectivity index (χ0v) is 19.2. The van der Waals surface area contributed by atoms with Crippen molar-refractivity contribution < 1.29 is 23.1 Å². The third kappa shape index (κ3) is 3.24. The molecule has 0 aliphatic carbocycles. The Balaban J connectivity index is 1.54. The predicted molar refractivity (Wildman–Crippen MR) is 106 cm³/mol. The molecule has 0 saturated carbocycles. The molecule has 0 aromatic heterocycles. The fourth-order valence-electron chi connectivity index (χ4n) is 5.89. The van der Waals surface area contributed by atoms with E-state index in [1.54, 1.807) is 0 Å². The van der Waals surface area contributed by atoms with Gasteiger partial charge in [0.1, 0.15) is 6.10 Å². The summed E-state index contributed by atoms with van der Waals surface area (Å²) in [5.41, 5.74) is -0.177. The zero-order chi connectivity index (χ0) is 19.7. The monoisotopic (exact) mass is 398 g/mol. The Bertz CT molecular complexity index is 554. The van der Waals surface area contributed by atoms with Gasteiger partial charge in [-0.2, -0.15) is 0 Å². The standard InChI is InChI=1S/C21H38O5Si/c1-19(2,3)27(20(4,5)6)23-13-17-16(26-27)11-15-14(24-17)12-18-21(7,25-15)9-8-10-22-18/h14-18H,8-13H2,1-7H3/t14-,15+,16-,17+,18+,21-/m0/s1. The maximum absolute atomic E-state index is 6.91. The number of hydrogen-bond acceptors (Lipinski definition) is 5. The van der Waals surface area contributed by atoms with E-state index < -0.39 is 8.56 Å². The first-order valence-corrected chi connectivity index (χ1v) is 12.5. The van der Waals surface area contributed by atoms with Crippen molar-refractivity contribution in [2.24, 2.45) is 0 Å². The highest BCUT2D eigenvalue weighted by molar-refractivity contribution is 6.73. The molecule has 5 nitrogen and oxygen atoms in total. The summed E-state index contributed by atoms with van der Waals surface area (Å²) in [4.78, 5) is 0. The fraction of sp³-hybridized carbons (Fsp3) is 1.00. The second kappa shape index (κ2) is 6.51. The number of hydrogen-bond donors (Lipinski definition) is 0. The van der Waals surface area contributed by atoms with Gasteiger partial charge in [-0.15, -0.1) is 0 Å². The molecule has 27 heavy (non-hydrogen) atoms. The molecule has 4 aliphatic heterocycles. The molecule has 0 aromatic carbocycles. The van der Waals surface area contributed by atoms with Crippen LogP contribution in [0.3, 0.4) is 0 Å². The van der Waals surface area contributed by atoms with Gasteiger partial charge in [0, 0.05) is 29.5 Å². The third-order valence-electron chi connectivity index (χ3n) is 7.07. The molecule has 0 spiro atoms. The first-order valence-electron chi connectivity index (χ1n) is 10.7. The first-order chi connectivity index (χ1) is 12.5. The van der Waals surface area contributed by atoms with Crippen LogP contribution >= 0.6 is 0 Å². The van der Waals surface area contributed by atoms with E-state index in [9.17, 15) is 0 Å². The van der Waals surface area contributed by atoms with Crippen LogP contribution in [-0.4, -0.2) is 57.9 Å². The van der Waals surface area contributed by atoms with Crippen LogP contribution in [0.25, 0.3) is 0 Å². The predicted octanol–water partition coefficient (Wildman–Crippen LogP) is 4.33. The molecule has 4 aliphatic rings. The number of rotatable bonds is 0. The van der Waals surface area contributed by atoms with Crippen LogP contribution in [0.4, 0.5) is 0 Å². The van der Waals surface area contributed by atoms with Crippen molar-refractivity contribution in [3.05, 3.63) is 0 Å². The second-order valence-electron chi connectivity index (χ2n) is 11.2.